The maximum absolute atomic E-state index is 5.62. The summed E-state index contributed by atoms with van der Waals surface area (Å²) in [6.45, 7) is 7.27. The molecular formula is C10H24N2O2. The Hall–Kier alpha value is -0.160. The van der Waals surface area contributed by atoms with E-state index in [-0.39, 0.29) is 11.5 Å². The van der Waals surface area contributed by atoms with E-state index >= 15 is 0 Å². The molecule has 0 aliphatic carbocycles. The van der Waals surface area contributed by atoms with Crippen LogP contribution in [0.15, 0.2) is 0 Å². The molecule has 14 heavy (non-hydrogen) atoms. The third kappa shape index (κ3) is 6.32. The van der Waals surface area contributed by atoms with Gasteiger partial charge in [-0.2, -0.15) is 0 Å². The summed E-state index contributed by atoms with van der Waals surface area (Å²) >= 11 is 0. The molecule has 0 spiro atoms. The standard InChI is InChI=1S/C10H24N2O2/c1-10(2,7-11)8-12-5-9(14-4)6-13-3/h9,12H,5-8,11H2,1-4H3. The molecule has 0 rings (SSSR count). The van der Waals surface area contributed by atoms with Gasteiger partial charge in [-0.3, -0.25) is 0 Å². The van der Waals surface area contributed by atoms with Gasteiger partial charge in [-0.05, 0) is 12.0 Å². The summed E-state index contributed by atoms with van der Waals surface area (Å²) in [5, 5.41) is 3.33. The first kappa shape index (κ1) is 13.8. The average molecular weight is 204 g/mol. The maximum atomic E-state index is 5.62. The fourth-order valence-electron chi connectivity index (χ4n) is 1.04. The van der Waals surface area contributed by atoms with Gasteiger partial charge >= 0.3 is 0 Å². The number of hydrogen-bond acceptors (Lipinski definition) is 4. The molecule has 0 saturated carbocycles. The Morgan fingerprint density at radius 1 is 1.36 bits per heavy atom. The summed E-state index contributed by atoms with van der Waals surface area (Å²) in [6.07, 6.45) is 0.119. The molecule has 0 bridgehead atoms. The van der Waals surface area contributed by atoms with Crippen LogP contribution in [-0.2, 0) is 9.47 Å². The molecule has 4 nitrogen and oxygen atoms in total. The highest BCUT2D eigenvalue weighted by atomic mass is 16.5. The molecule has 0 amide bonds. The Morgan fingerprint density at radius 2 is 2.00 bits per heavy atom. The lowest BCUT2D eigenvalue weighted by Gasteiger charge is -2.24. The van der Waals surface area contributed by atoms with Crippen LogP contribution in [0.1, 0.15) is 13.8 Å². The van der Waals surface area contributed by atoms with Crippen molar-refractivity contribution in [2.45, 2.75) is 20.0 Å². The SMILES string of the molecule is COCC(CNCC(C)(C)CN)OC. The van der Waals surface area contributed by atoms with Crippen LogP contribution in [0.3, 0.4) is 0 Å². The molecule has 4 heteroatoms. The minimum atomic E-state index is 0.119. The van der Waals surface area contributed by atoms with Crippen molar-refractivity contribution >= 4 is 0 Å². The normalized spacial score (nSPS) is 14.4. The molecule has 0 aliphatic heterocycles. The van der Waals surface area contributed by atoms with Crippen LogP contribution in [0.4, 0.5) is 0 Å². The van der Waals surface area contributed by atoms with Crippen LogP contribution < -0.4 is 11.1 Å². The zero-order chi connectivity index (χ0) is 11.0. The lowest BCUT2D eigenvalue weighted by atomic mass is 9.94. The lowest BCUT2D eigenvalue weighted by molar-refractivity contribution is 0.0278. The van der Waals surface area contributed by atoms with Crippen LogP contribution >= 0.6 is 0 Å². The van der Waals surface area contributed by atoms with Crippen LogP contribution in [0.5, 0.6) is 0 Å². The Kier molecular flexibility index (Phi) is 7.09. The number of hydrogen-bond donors (Lipinski definition) is 2. The van der Waals surface area contributed by atoms with Crippen molar-refractivity contribution in [1.29, 1.82) is 0 Å². The average Bonchev–Trinajstić information content (AvgIpc) is 2.16. The zero-order valence-corrected chi connectivity index (χ0v) is 9.80. The minimum Gasteiger partial charge on any atom is -0.382 e. The summed E-state index contributed by atoms with van der Waals surface area (Å²) in [6, 6.07) is 0. The highest BCUT2D eigenvalue weighted by Crippen LogP contribution is 2.09. The Bertz CT molecular complexity index is 140. The van der Waals surface area contributed by atoms with Crippen LogP contribution in [0.25, 0.3) is 0 Å². The summed E-state index contributed by atoms with van der Waals surface area (Å²) in [4.78, 5) is 0. The highest BCUT2D eigenvalue weighted by Gasteiger charge is 2.15. The van der Waals surface area contributed by atoms with Crippen molar-refractivity contribution in [3.63, 3.8) is 0 Å². The van der Waals surface area contributed by atoms with Gasteiger partial charge < -0.3 is 20.5 Å². The molecule has 3 N–H and O–H groups in total. The first-order valence-electron chi connectivity index (χ1n) is 4.98. The van der Waals surface area contributed by atoms with E-state index in [1.807, 2.05) is 0 Å². The Labute approximate surface area is 87.1 Å². The van der Waals surface area contributed by atoms with E-state index in [0.29, 0.717) is 13.2 Å². The molecular weight excluding hydrogens is 180 g/mol. The molecule has 0 heterocycles. The number of ether oxygens (including phenoxy) is 2. The van der Waals surface area contributed by atoms with Crippen molar-refractivity contribution in [2.75, 3.05) is 40.5 Å². The van der Waals surface area contributed by atoms with Gasteiger partial charge in [-0.15, -0.1) is 0 Å². The van der Waals surface area contributed by atoms with Crippen molar-refractivity contribution < 1.29 is 9.47 Å². The van der Waals surface area contributed by atoms with Crippen LogP contribution in [0, 0.1) is 5.41 Å². The predicted molar refractivity (Wildman–Crippen MR) is 58.4 cm³/mol. The fraction of sp³-hybridized carbons (Fsp3) is 1.00. The van der Waals surface area contributed by atoms with Gasteiger partial charge in [0.1, 0.15) is 0 Å². The van der Waals surface area contributed by atoms with E-state index in [2.05, 4.69) is 19.2 Å². The second-order valence-electron chi connectivity index (χ2n) is 4.31. The molecule has 86 valence electrons. The van der Waals surface area contributed by atoms with Crippen molar-refractivity contribution in [2.24, 2.45) is 11.1 Å². The second kappa shape index (κ2) is 7.17. The quantitative estimate of drug-likeness (QED) is 0.594. The van der Waals surface area contributed by atoms with Gasteiger partial charge in [0.15, 0.2) is 0 Å². The summed E-state index contributed by atoms with van der Waals surface area (Å²) in [5.41, 5.74) is 5.76. The summed E-state index contributed by atoms with van der Waals surface area (Å²) in [5.74, 6) is 0. The van der Waals surface area contributed by atoms with Gasteiger partial charge in [-0.25, -0.2) is 0 Å². The Morgan fingerprint density at radius 3 is 2.43 bits per heavy atom. The summed E-state index contributed by atoms with van der Waals surface area (Å²) < 4.78 is 10.2. The van der Waals surface area contributed by atoms with Gasteiger partial charge in [-0.1, -0.05) is 13.8 Å². The molecule has 0 aromatic heterocycles. The number of nitrogens with one attached hydrogen (secondary N) is 1. The first-order chi connectivity index (χ1) is 6.55. The molecule has 1 unspecified atom stereocenters. The molecule has 0 aliphatic rings. The molecule has 0 aromatic carbocycles. The second-order valence-corrected chi connectivity index (χ2v) is 4.31. The minimum absolute atomic E-state index is 0.119. The number of methoxy groups -OCH3 is 2. The third-order valence-corrected chi connectivity index (χ3v) is 2.21. The molecule has 1 atom stereocenters. The highest BCUT2D eigenvalue weighted by molar-refractivity contribution is 4.73. The van der Waals surface area contributed by atoms with E-state index < -0.39 is 0 Å². The molecule has 0 aromatic rings. The zero-order valence-electron chi connectivity index (χ0n) is 9.80. The maximum Gasteiger partial charge on any atom is 0.0928 e. The Balaban J connectivity index is 3.60. The van der Waals surface area contributed by atoms with Crippen molar-refractivity contribution in [3.8, 4) is 0 Å². The number of nitrogens with two attached hydrogens (primary N) is 1. The van der Waals surface area contributed by atoms with Crippen molar-refractivity contribution in [1.82, 2.24) is 5.32 Å². The van der Waals surface area contributed by atoms with Gasteiger partial charge in [0.05, 0.1) is 12.7 Å². The van der Waals surface area contributed by atoms with E-state index in [4.69, 9.17) is 15.2 Å². The van der Waals surface area contributed by atoms with Crippen LogP contribution in [-0.4, -0.2) is 46.6 Å². The largest absolute Gasteiger partial charge is 0.382 e. The third-order valence-electron chi connectivity index (χ3n) is 2.21. The van der Waals surface area contributed by atoms with Gasteiger partial charge in [0, 0.05) is 27.3 Å². The molecule has 0 saturated heterocycles. The number of rotatable bonds is 8. The van der Waals surface area contributed by atoms with Crippen LogP contribution in [0.2, 0.25) is 0 Å². The van der Waals surface area contributed by atoms with Gasteiger partial charge in [0.25, 0.3) is 0 Å². The summed E-state index contributed by atoms with van der Waals surface area (Å²) in [7, 11) is 3.37. The van der Waals surface area contributed by atoms with E-state index in [9.17, 15) is 0 Å². The first-order valence-corrected chi connectivity index (χ1v) is 4.98. The molecule has 0 radical (unpaired) electrons. The smallest absolute Gasteiger partial charge is 0.0928 e. The van der Waals surface area contributed by atoms with Crippen molar-refractivity contribution in [3.05, 3.63) is 0 Å². The van der Waals surface area contributed by atoms with E-state index in [1.54, 1.807) is 14.2 Å². The predicted octanol–water partition coefficient (Wildman–Crippen LogP) is 0.222. The monoisotopic (exact) mass is 204 g/mol. The topological polar surface area (TPSA) is 56.5 Å². The lowest BCUT2D eigenvalue weighted by Crippen LogP contribution is -2.40. The fourth-order valence-corrected chi connectivity index (χ4v) is 1.04. The van der Waals surface area contributed by atoms with Gasteiger partial charge in [0.2, 0.25) is 0 Å². The van der Waals surface area contributed by atoms with E-state index in [1.165, 1.54) is 0 Å². The molecule has 0 fully saturated rings. The van der Waals surface area contributed by atoms with E-state index in [0.717, 1.165) is 13.1 Å².